The monoisotopic (exact) mass is 939 g/mol. The summed E-state index contributed by atoms with van der Waals surface area (Å²) in [6, 6.07) is 103. The number of hydrogen-bond acceptors (Lipinski definition) is 2. The molecule has 3 heterocycles. The molecule has 15 rings (SSSR count). The van der Waals surface area contributed by atoms with Crippen LogP contribution in [0.3, 0.4) is 0 Å². The Morgan fingerprint density at radius 3 is 1.12 bits per heavy atom. The van der Waals surface area contributed by atoms with E-state index in [4.69, 9.17) is 0 Å². The minimum absolute atomic E-state index is 0.104. The number of para-hydroxylation sites is 1. The fraction of sp³-hybridized carbons (Fsp3) is 0. The average Bonchev–Trinajstić information content (AvgIpc) is 3.81. The Bertz CT molecular complexity index is 4080. The maximum atomic E-state index is 2.55. The van der Waals surface area contributed by atoms with Crippen molar-refractivity contribution in [2.24, 2.45) is 0 Å². The van der Waals surface area contributed by atoms with Crippen molar-refractivity contribution in [1.29, 1.82) is 0 Å². The van der Waals surface area contributed by atoms with Crippen LogP contribution in [0.4, 0.5) is 34.1 Å². The van der Waals surface area contributed by atoms with Crippen LogP contribution < -0.4 is 26.2 Å². The number of benzene rings is 12. The highest BCUT2D eigenvalue weighted by Gasteiger charge is 2.44. The topological polar surface area (TPSA) is 11.4 Å². The molecule has 74 heavy (non-hydrogen) atoms. The van der Waals surface area contributed by atoms with E-state index in [0.29, 0.717) is 0 Å². The van der Waals surface area contributed by atoms with Crippen LogP contribution in [0.25, 0.3) is 82.8 Å². The summed E-state index contributed by atoms with van der Waals surface area (Å²) in [4.78, 5) is 5.09. The van der Waals surface area contributed by atoms with Gasteiger partial charge in [-0.2, -0.15) is 0 Å². The number of rotatable bonds is 7. The molecule has 0 spiro atoms. The number of fused-ring (bicyclic) bond motifs is 8. The molecule has 0 fully saturated rings. The lowest BCUT2D eigenvalue weighted by Gasteiger charge is -2.44. The highest BCUT2D eigenvalue weighted by atomic mass is 15.2. The Labute approximate surface area is 431 Å². The minimum atomic E-state index is -0.104. The zero-order valence-corrected chi connectivity index (χ0v) is 40.5. The lowest BCUT2D eigenvalue weighted by molar-refractivity contribution is 1.16. The molecule has 344 valence electrons. The Hall–Kier alpha value is -9.64. The van der Waals surface area contributed by atoms with Crippen LogP contribution in [0.2, 0.25) is 0 Å². The molecule has 0 radical (unpaired) electrons. The van der Waals surface area contributed by atoms with Gasteiger partial charge in [-0.25, -0.2) is 0 Å². The molecule has 4 heteroatoms. The summed E-state index contributed by atoms with van der Waals surface area (Å²) in [7, 11) is 0. The molecule has 2 aliphatic rings. The maximum absolute atomic E-state index is 2.55. The van der Waals surface area contributed by atoms with Crippen LogP contribution in [0, 0.1) is 0 Å². The number of anilines is 6. The van der Waals surface area contributed by atoms with Gasteiger partial charge >= 0.3 is 0 Å². The van der Waals surface area contributed by atoms with Gasteiger partial charge in [0.1, 0.15) is 0 Å². The van der Waals surface area contributed by atoms with E-state index in [1.807, 2.05) is 0 Å². The second-order valence-corrected chi connectivity index (χ2v) is 19.7. The molecule has 2 aliphatic heterocycles. The van der Waals surface area contributed by atoms with Gasteiger partial charge in [-0.3, -0.25) is 0 Å². The zero-order chi connectivity index (χ0) is 48.7. The molecule has 0 atom stereocenters. The normalized spacial score (nSPS) is 12.5. The average molecular weight is 940 g/mol. The van der Waals surface area contributed by atoms with Gasteiger partial charge in [0.15, 0.2) is 0 Å². The second-order valence-electron chi connectivity index (χ2n) is 19.7. The van der Waals surface area contributed by atoms with Gasteiger partial charge < -0.3 is 14.4 Å². The van der Waals surface area contributed by atoms with Crippen molar-refractivity contribution in [3.63, 3.8) is 0 Å². The SMILES string of the molecule is c1ccc(-c2ccc(N3c4ccc(-c5ccccc5)cc4B4c5cc(-c6ccccc6)ccc5N(c5ccc(-c6ccccc6)cc5)c5cc(-n6c7ccccc7c7cc8ccccc8cc76)cc3c54)cc2)cc1. The standard InChI is InChI=1S/C70H46BN3/c1-5-17-47(18-6-1)51-29-35-57(36-30-51)72-65-39-33-55(49-21-9-3-10-22-49)42-62(65)71-63-43-56(50-23-11-4-12-24-50)34-40-66(63)73(58-37-31-52(32-38-58)48-19-7-2-8-20-48)69-46-59(45-68(72)70(69)71)74-64-28-16-15-27-60(64)61-41-53-25-13-14-26-54(53)44-67(61)74/h1-46H. The van der Waals surface area contributed by atoms with Crippen LogP contribution in [-0.4, -0.2) is 11.3 Å². The van der Waals surface area contributed by atoms with E-state index in [9.17, 15) is 0 Å². The predicted octanol–water partition coefficient (Wildman–Crippen LogP) is 16.7. The Balaban J connectivity index is 1.06. The van der Waals surface area contributed by atoms with Crippen LogP contribution in [0.15, 0.2) is 279 Å². The molecule has 0 N–H and O–H groups in total. The Kier molecular flexibility index (Phi) is 9.67. The predicted molar refractivity (Wildman–Crippen MR) is 314 cm³/mol. The number of aromatic nitrogens is 1. The van der Waals surface area contributed by atoms with Gasteiger partial charge in [-0.1, -0.05) is 212 Å². The summed E-state index contributed by atoms with van der Waals surface area (Å²) >= 11 is 0. The van der Waals surface area contributed by atoms with E-state index < -0.39 is 0 Å². The first-order valence-electron chi connectivity index (χ1n) is 25.6. The fourth-order valence-electron chi connectivity index (χ4n) is 12.1. The van der Waals surface area contributed by atoms with E-state index in [0.717, 1.165) is 28.4 Å². The van der Waals surface area contributed by atoms with Gasteiger partial charge in [0.2, 0.25) is 0 Å². The fourth-order valence-corrected chi connectivity index (χ4v) is 12.1. The molecule has 3 nitrogen and oxygen atoms in total. The molecule has 0 amide bonds. The molecule has 0 aliphatic carbocycles. The zero-order valence-electron chi connectivity index (χ0n) is 40.5. The van der Waals surface area contributed by atoms with Gasteiger partial charge in [-0.15, -0.1) is 0 Å². The molecule has 0 unspecified atom stereocenters. The largest absolute Gasteiger partial charge is 0.311 e. The smallest absolute Gasteiger partial charge is 0.252 e. The third kappa shape index (κ3) is 6.76. The third-order valence-electron chi connectivity index (χ3n) is 15.5. The molecule has 0 saturated carbocycles. The Morgan fingerprint density at radius 1 is 0.243 bits per heavy atom. The van der Waals surface area contributed by atoms with E-state index in [1.54, 1.807) is 0 Å². The summed E-state index contributed by atoms with van der Waals surface area (Å²) in [5.41, 5.74) is 23.7. The van der Waals surface area contributed by atoms with Gasteiger partial charge in [0.05, 0.1) is 16.7 Å². The van der Waals surface area contributed by atoms with Gasteiger partial charge in [0, 0.05) is 44.9 Å². The van der Waals surface area contributed by atoms with Crippen LogP contribution in [0.1, 0.15) is 0 Å². The van der Waals surface area contributed by atoms with Crippen molar-refractivity contribution in [3.05, 3.63) is 279 Å². The summed E-state index contributed by atoms with van der Waals surface area (Å²) in [5.74, 6) is 0. The van der Waals surface area contributed by atoms with E-state index in [2.05, 4.69) is 293 Å². The van der Waals surface area contributed by atoms with Gasteiger partial charge in [0.25, 0.3) is 6.71 Å². The van der Waals surface area contributed by atoms with Crippen molar-refractivity contribution in [2.75, 3.05) is 9.80 Å². The number of nitrogens with zero attached hydrogens (tertiary/aromatic N) is 3. The summed E-state index contributed by atoms with van der Waals surface area (Å²) in [6.07, 6.45) is 0. The van der Waals surface area contributed by atoms with Crippen molar-refractivity contribution >= 4 is 89.8 Å². The second kappa shape index (κ2) is 17.0. The summed E-state index contributed by atoms with van der Waals surface area (Å²) in [6.45, 7) is -0.104. The molecular formula is C70H46BN3. The molecule has 13 aromatic rings. The minimum Gasteiger partial charge on any atom is -0.311 e. The third-order valence-corrected chi connectivity index (χ3v) is 15.5. The van der Waals surface area contributed by atoms with E-state index in [-0.39, 0.29) is 6.71 Å². The highest BCUT2D eigenvalue weighted by molar-refractivity contribution is 7.00. The van der Waals surface area contributed by atoms with Crippen molar-refractivity contribution in [2.45, 2.75) is 0 Å². The van der Waals surface area contributed by atoms with Gasteiger partial charge in [-0.05, 0) is 138 Å². The number of hydrogen-bond donors (Lipinski definition) is 0. The molecule has 12 aromatic carbocycles. The summed E-state index contributed by atoms with van der Waals surface area (Å²) in [5, 5.41) is 4.93. The van der Waals surface area contributed by atoms with E-state index >= 15 is 0 Å². The van der Waals surface area contributed by atoms with Crippen LogP contribution in [-0.2, 0) is 0 Å². The molecule has 0 saturated heterocycles. The quantitative estimate of drug-likeness (QED) is 0.148. The molecule has 0 bridgehead atoms. The highest BCUT2D eigenvalue weighted by Crippen LogP contribution is 2.48. The Morgan fingerprint density at radius 2 is 0.635 bits per heavy atom. The van der Waals surface area contributed by atoms with E-state index in [1.165, 1.54) is 105 Å². The first kappa shape index (κ1) is 42.1. The maximum Gasteiger partial charge on any atom is 0.252 e. The first-order valence-corrected chi connectivity index (χ1v) is 25.6. The lowest BCUT2D eigenvalue weighted by Crippen LogP contribution is -2.61. The first-order chi connectivity index (χ1) is 36.7. The van der Waals surface area contributed by atoms with Crippen LogP contribution in [0.5, 0.6) is 0 Å². The van der Waals surface area contributed by atoms with Crippen LogP contribution >= 0.6 is 0 Å². The van der Waals surface area contributed by atoms with Crippen molar-refractivity contribution < 1.29 is 0 Å². The lowest BCUT2D eigenvalue weighted by atomic mass is 9.33. The molecule has 1 aromatic heterocycles. The van der Waals surface area contributed by atoms with Crippen molar-refractivity contribution in [3.8, 4) is 50.2 Å². The molecular weight excluding hydrogens is 894 g/mol. The summed E-state index contributed by atoms with van der Waals surface area (Å²) < 4.78 is 2.51. The van der Waals surface area contributed by atoms with Crippen molar-refractivity contribution in [1.82, 2.24) is 4.57 Å².